The van der Waals surface area contributed by atoms with E-state index in [4.69, 9.17) is 5.11 Å². The van der Waals surface area contributed by atoms with Crippen LogP contribution in [-0.2, 0) is 10.0 Å². The van der Waals surface area contributed by atoms with Crippen molar-refractivity contribution < 1.29 is 13.5 Å². The van der Waals surface area contributed by atoms with E-state index in [-0.39, 0.29) is 12.5 Å². The largest absolute Gasteiger partial charge is 0.396 e. The molecule has 0 saturated carbocycles. The fourth-order valence-electron chi connectivity index (χ4n) is 0.490. The van der Waals surface area contributed by atoms with Crippen LogP contribution in [0.15, 0.2) is 0 Å². The van der Waals surface area contributed by atoms with Crippen molar-refractivity contribution in [3.8, 4) is 0 Å². The average molecular weight is 195 g/mol. The van der Waals surface area contributed by atoms with Crippen molar-refractivity contribution in [1.82, 2.24) is 4.72 Å². The molecule has 74 valence electrons. The van der Waals surface area contributed by atoms with E-state index >= 15 is 0 Å². The lowest BCUT2D eigenvalue weighted by atomic mass is 10.2. The normalized spacial score (nSPS) is 15.1. The third-order valence-corrected chi connectivity index (χ3v) is 3.38. The highest BCUT2D eigenvalue weighted by Gasteiger charge is 2.15. The quantitative estimate of drug-likeness (QED) is 0.646. The van der Waals surface area contributed by atoms with Crippen LogP contribution < -0.4 is 4.72 Å². The zero-order valence-corrected chi connectivity index (χ0v) is 8.56. The maximum absolute atomic E-state index is 11.2. The zero-order valence-electron chi connectivity index (χ0n) is 7.74. The van der Waals surface area contributed by atoms with Gasteiger partial charge in [0.15, 0.2) is 0 Å². The van der Waals surface area contributed by atoms with Crippen molar-refractivity contribution in [2.45, 2.75) is 26.0 Å². The van der Waals surface area contributed by atoms with Gasteiger partial charge in [0.1, 0.15) is 0 Å². The van der Waals surface area contributed by atoms with Crippen molar-refractivity contribution in [2.75, 3.05) is 13.2 Å². The Balaban J connectivity index is 3.94. The highest BCUT2D eigenvalue weighted by atomic mass is 32.2. The Morgan fingerprint density at radius 3 is 2.17 bits per heavy atom. The molecular weight excluding hydrogens is 178 g/mol. The summed E-state index contributed by atoms with van der Waals surface area (Å²) in [6.07, 6.45) is 0. The smallest absolute Gasteiger partial charge is 0.213 e. The number of aliphatic hydroxyl groups excluding tert-OH is 1. The SMILES string of the molecule is CC(CO)CNS(=O)(=O)C(C)C. The summed E-state index contributed by atoms with van der Waals surface area (Å²) in [5, 5.41) is 8.22. The minimum absolute atomic E-state index is 0.000610. The van der Waals surface area contributed by atoms with Gasteiger partial charge in [0.05, 0.1) is 5.25 Å². The van der Waals surface area contributed by atoms with Crippen LogP contribution in [0.25, 0.3) is 0 Å². The molecule has 0 aliphatic rings. The van der Waals surface area contributed by atoms with Gasteiger partial charge in [-0.2, -0.15) is 0 Å². The molecule has 0 aromatic carbocycles. The number of rotatable bonds is 5. The monoisotopic (exact) mass is 195 g/mol. The highest BCUT2D eigenvalue weighted by molar-refractivity contribution is 7.90. The summed E-state index contributed by atoms with van der Waals surface area (Å²) >= 11 is 0. The van der Waals surface area contributed by atoms with Crippen LogP contribution in [0.1, 0.15) is 20.8 Å². The second-order valence-electron chi connectivity index (χ2n) is 3.23. The molecule has 0 spiro atoms. The minimum Gasteiger partial charge on any atom is -0.396 e. The van der Waals surface area contributed by atoms with Crippen LogP contribution >= 0.6 is 0 Å². The molecule has 0 aliphatic carbocycles. The fourth-order valence-corrected chi connectivity index (χ4v) is 1.34. The van der Waals surface area contributed by atoms with Gasteiger partial charge in [0.25, 0.3) is 0 Å². The van der Waals surface area contributed by atoms with Gasteiger partial charge in [-0.05, 0) is 19.8 Å². The molecule has 0 heterocycles. The number of hydrogen-bond donors (Lipinski definition) is 2. The molecule has 0 aliphatic heterocycles. The van der Waals surface area contributed by atoms with Crippen LogP contribution in [0.2, 0.25) is 0 Å². The maximum atomic E-state index is 11.2. The van der Waals surface area contributed by atoms with Gasteiger partial charge in [-0.25, -0.2) is 13.1 Å². The molecule has 0 fully saturated rings. The van der Waals surface area contributed by atoms with Crippen molar-refractivity contribution in [3.63, 3.8) is 0 Å². The summed E-state index contributed by atoms with van der Waals surface area (Å²) in [5.41, 5.74) is 0. The van der Waals surface area contributed by atoms with Gasteiger partial charge in [0, 0.05) is 13.2 Å². The summed E-state index contributed by atoms with van der Waals surface area (Å²) in [6, 6.07) is 0. The molecule has 4 nitrogen and oxygen atoms in total. The topological polar surface area (TPSA) is 66.4 Å². The summed E-state index contributed by atoms with van der Waals surface area (Å²) in [7, 11) is -3.16. The van der Waals surface area contributed by atoms with E-state index in [9.17, 15) is 8.42 Å². The van der Waals surface area contributed by atoms with Crippen molar-refractivity contribution in [1.29, 1.82) is 0 Å². The van der Waals surface area contributed by atoms with E-state index in [1.807, 2.05) is 0 Å². The summed E-state index contributed by atoms with van der Waals surface area (Å²) in [6.45, 7) is 5.32. The summed E-state index contributed by atoms with van der Waals surface area (Å²) < 4.78 is 24.7. The Kier molecular flexibility index (Phi) is 4.74. The van der Waals surface area contributed by atoms with E-state index in [1.54, 1.807) is 20.8 Å². The van der Waals surface area contributed by atoms with Crippen molar-refractivity contribution in [3.05, 3.63) is 0 Å². The van der Waals surface area contributed by atoms with Gasteiger partial charge in [-0.15, -0.1) is 0 Å². The first kappa shape index (κ1) is 11.9. The third-order valence-electron chi connectivity index (χ3n) is 1.57. The molecular formula is C7H17NO3S. The zero-order chi connectivity index (χ0) is 9.78. The van der Waals surface area contributed by atoms with E-state index in [1.165, 1.54) is 0 Å². The molecule has 0 saturated heterocycles. The van der Waals surface area contributed by atoms with Crippen LogP contribution in [0, 0.1) is 5.92 Å². The number of nitrogens with one attached hydrogen (secondary N) is 1. The molecule has 0 amide bonds. The maximum Gasteiger partial charge on any atom is 0.213 e. The van der Waals surface area contributed by atoms with Crippen molar-refractivity contribution in [2.24, 2.45) is 5.92 Å². The Hall–Kier alpha value is -0.130. The second-order valence-corrected chi connectivity index (χ2v) is 5.55. The predicted molar refractivity (Wildman–Crippen MR) is 48.3 cm³/mol. The lowest BCUT2D eigenvalue weighted by molar-refractivity contribution is 0.238. The summed E-state index contributed by atoms with van der Waals surface area (Å²) in [4.78, 5) is 0. The molecule has 0 bridgehead atoms. The van der Waals surface area contributed by atoms with Crippen LogP contribution in [-0.4, -0.2) is 31.9 Å². The molecule has 0 rings (SSSR count). The Morgan fingerprint density at radius 2 is 1.83 bits per heavy atom. The van der Waals surface area contributed by atoms with Crippen LogP contribution in [0.3, 0.4) is 0 Å². The average Bonchev–Trinajstić information content (AvgIpc) is 2.00. The van der Waals surface area contributed by atoms with E-state index in [0.717, 1.165) is 0 Å². The number of sulfonamides is 1. The van der Waals surface area contributed by atoms with E-state index in [2.05, 4.69) is 4.72 Å². The highest BCUT2D eigenvalue weighted by Crippen LogP contribution is 1.97. The molecule has 1 unspecified atom stereocenters. The molecule has 1 atom stereocenters. The molecule has 12 heavy (non-hydrogen) atoms. The van der Waals surface area contributed by atoms with Gasteiger partial charge >= 0.3 is 0 Å². The lowest BCUT2D eigenvalue weighted by Crippen LogP contribution is -2.34. The van der Waals surface area contributed by atoms with E-state index < -0.39 is 15.3 Å². The first-order valence-electron chi connectivity index (χ1n) is 3.99. The van der Waals surface area contributed by atoms with Gasteiger partial charge < -0.3 is 5.11 Å². The molecule has 0 aromatic heterocycles. The molecule has 0 radical (unpaired) electrons. The Morgan fingerprint density at radius 1 is 1.33 bits per heavy atom. The van der Waals surface area contributed by atoms with Crippen LogP contribution in [0.5, 0.6) is 0 Å². The van der Waals surface area contributed by atoms with E-state index in [0.29, 0.717) is 6.54 Å². The Bertz CT molecular complexity index is 211. The molecule has 5 heteroatoms. The third kappa shape index (κ3) is 4.04. The van der Waals surface area contributed by atoms with Crippen molar-refractivity contribution >= 4 is 10.0 Å². The standard InChI is InChI=1S/C7H17NO3S/c1-6(2)12(10,11)8-4-7(3)5-9/h6-9H,4-5H2,1-3H3. The first-order valence-corrected chi connectivity index (χ1v) is 5.54. The molecule has 0 aromatic rings. The number of aliphatic hydroxyl groups is 1. The van der Waals surface area contributed by atoms with Gasteiger partial charge in [-0.1, -0.05) is 6.92 Å². The minimum atomic E-state index is -3.16. The first-order chi connectivity index (χ1) is 5.40. The predicted octanol–water partition coefficient (Wildman–Crippen LogP) is -0.0574. The number of hydrogen-bond acceptors (Lipinski definition) is 3. The van der Waals surface area contributed by atoms with Crippen LogP contribution in [0.4, 0.5) is 0 Å². The fraction of sp³-hybridized carbons (Fsp3) is 1.00. The molecule has 2 N–H and O–H groups in total. The van der Waals surface area contributed by atoms with Gasteiger partial charge in [-0.3, -0.25) is 0 Å². The van der Waals surface area contributed by atoms with Gasteiger partial charge in [0.2, 0.25) is 10.0 Å². The second kappa shape index (κ2) is 4.79. The lowest BCUT2D eigenvalue weighted by Gasteiger charge is -2.12. The summed E-state index contributed by atoms with van der Waals surface area (Å²) in [5.74, 6) is -0.0291. The Labute approximate surface area is 74.0 Å².